The van der Waals surface area contributed by atoms with Crippen molar-refractivity contribution in [2.45, 2.75) is 71.1 Å². The van der Waals surface area contributed by atoms with Gasteiger partial charge in [-0.25, -0.2) is 0 Å². The molecule has 1 nitrogen and oxygen atoms in total. The zero-order chi connectivity index (χ0) is 45.1. The average Bonchev–Trinajstić information content (AvgIpc) is 3.69. The van der Waals surface area contributed by atoms with E-state index >= 15 is 0 Å². The van der Waals surface area contributed by atoms with Crippen molar-refractivity contribution in [2.24, 2.45) is 0 Å². The molecule has 10 rings (SSSR count). The fourth-order valence-electron chi connectivity index (χ4n) is 10.7. The van der Waals surface area contributed by atoms with Crippen LogP contribution in [0.25, 0.3) is 50.1 Å². The molecule has 0 radical (unpaired) electrons. The summed E-state index contributed by atoms with van der Waals surface area (Å²) in [5.74, 6) is 2.10. The van der Waals surface area contributed by atoms with Crippen molar-refractivity contribution in [2.75, 3.05) is 4.90 Å². The van der Waals surface area contributed by atoms with Crippen LogP contribution in [0.15, 0.2) is 200 Å². The number of fused-ring (bicyclic) bond motifs is 6. The Morgan fingerprint density at radius 3 is 1.71 bits per heavy atom. The van der Waals surface area contributed by atoms with Crippen molar-refractivity contribution < 1.29 is 0 Å². The van der Waals surface area contributed by atoms with Crippen LogP contribution in [0.1, 0.15) is 87.4 Å². The first kappa shape index (κ1) is 42.4. The lowest BCUT2D eigenvalue weighted by Gasteiger charge is -2.29. The number of allylic oxidation sites excluding steroid dienone is 3. The molecule has 1 atom stereocenters. The second kappa shape index (κ2) is 16.5. The molecule has 1 unspecified atom stereocenters. The molecule has 0 spiro atoms. The van der Waals surface area contributed by atoms with E-state index in [1.165, 1.54) is 89.0 Å². The van der Waals surface area contributed by atoms with Gasteiger partial charge in [0.05, 0.1) is 0 Å². The summed E-state index contributed by atoms with van der Waals surface area (Å²) in [7, 11) is 2.77. The number of hydrogen-bond donors (Lipinski definition) is 0. The van der Waals surface area contributed by atoms with Gasteiger partial charge in [0.1, 0.15) is 0 Å². The van der Waals surface area contributed by atoms with E-state index in [9.17, 15) is 0 Å². The topological polar surface area (TPSA) is 3.24 Å². The van der Waals surface area contributed by atoms with Crippen LogP contribution in [0.3, 0.4) is 0 Å². The zero-order valence-corrected chi connectivity index (χ0v) is 39.9. The molecule has 0 saturated heterocycles. The molecule has 0 fully saturated rings. The molecule has 0 N–H and O–H groups in total. The summed E-state index contributed by atoms with van der Waals surface area (Å²) in [5.41, 5.74) is 24.3. The second-order valence-electron chi connectivity index (χ2n) is 20.0. The first-order valence-corrected chi connectivity index (χ1v) is 23.8. The van der Waals surface area contributed by atoms with Crippen molar-refractivity contribution in [3.8, 4) is 44.5 Å². The largest absolute Gasteiger partial charge is 0.310 e. The van der Waals surface area contributed by atoms with Gasteiger partial charge in [-0.3, -0.25) is 0 Å². The number of rotatable bonds is 9. The van der Waals surface area contributed by atoms with Gasteiger partial charge in [-0.15, -0.1) is 9.24 Å². The maximum absolute atomic E-state index is 2.77. The summed E-state index contributed by atoms with van der Waals surface area (Å²) < 4.78 is 0. The Labute approximate surface area is 389 Å². The van der Waals surface area contributed by atoms with Crippen LogP contribution < -0.4 is 4.90 Å². The van der Waals surface area contributed by atoms with Gasteiger partial charge in [-0.2, -0.15) is 0 Å². The van der Waals surface area contributed by atoms with Crippen molar-refractivity contribution in [1.82, 2.24) is 0 Å². The summed E-state index contributed by atoms with van der Waals surface area (Å²) in [6.45, 7) is 16.6. The van der Waals surface area contributed by atoms with E-state index in [0.29, 0.717) is 0 Å². The molecular weight excluding hydrogens is 802 g/mol. The molecular formula is C63H58NP. The van der Waals surface area contributed by atoms with Crippen molar-refractivity contribution in [3.05, 3.63) is 239 Å². The summed E-state index contributed by atoms with van der Waals surface area (Å²) in [6.07, 6.45) is 5.34. The van der Waals surface area contributed by atoms with Gasteiger partial charge < -0.3 is 4.90 Å². The van der Waals surface area contributed by atoms with Gasteiger partial charge in [0.2, 0.25) is 0 Å². The summed E-state index contributed by atoms with van der Waals surface area (Å²) in [4.78, 5) is 2.44. The average molecular weight is 860 g/mol. The predicted octanol–water partition coefficient (Wildman–Crippen LogP) is 17.4. The molecule has 8 aromatic rings. The minimum atomic E-state index is -0.202. The highest BCUT2D eigenvalue weighted by Gasteiger charge is 2.43. The van der Waals surface area contributed by atoms with E-state index in [0.717, 1.165) is 23.5 Å². The van der Waals surface area contributed by atoms with Gasteiger partial charge in [0, 0.05) is 27.9 Å². The molecule has 0 heterocycles. The first-order valence-electron chi connectivity index (χ1n) is 23.1. The number of anilines is 3. The first-order chi connectivity index (χ1) is 31.3. The Morgan fingerprint density at radius 2 is 1.03 bits per heavy atom. The Kier molecular flexibility index (Phi) is 10.8. The van der Waals surface area contributed by atoms with Crippen LogP contribution in [-0.4, -0.2) is 0 Å². The molecule has 0 saturated carbocycles. The zero-order valence-electron chi connectivity index (χ0n) is 38.8. The monoisotopic (exact) mass is 859 g/mol. The van der Waals surface area contributed by atoms with Crippen molar-refractivity contribution in [1.29, 1.82) is 0 Å². The Morgan fingerprint density at radius 1 is 0.492 bits per heavy atom. The number of benzene rings is 8. The molecule has 0 aromatic heterocycles. The third kappa shape index (κ3) is 7.51. The molecule has 2 heteroatoms. The quantitative estimate of drug-likeness (QED) is 0.103. The second-order valence-corrected chi connectivity index (χ2v) is 20.3. The molecule has 2 aliphatic rings. The van der Waals surface area contributed by atoms with Gasteiger partial charge in [0.25, 0.3) is 0 Å². The van der Waals surface area contributed by atoms with Crippen LogP contribution in [0.4, 0.5) is 17.1 Å². The van der Waals surface area contributed by atoms with E-state index in [2.05, 4.69) is 263 Å². The lowest BCUT2D eigenvalue weighted by molar-refractivity contribution is 0.592. The third-order valence-corrected chi connectivity index (χ3v) is 14.5. The van der Waals surface area contributed by atoms with Crippen LogP contribution in [-0.2, 0) is 22.7 Å². The third-order valence-electron chi connectivity index (χ3n) is 14.1. The Bertz CT molecular complexity index is 3120. The fourth-order valence-corrected chi connectivity index (χ4v) is 11.0. The smallest absolute Gasteiger partial charge is 0.0465 e. The number of hydrogen-bond acceptors (Lipinski definition) is 1. The SMILES string of the molecule is CC(C)(C)c1ccccc1-c1ccc(N(c2ccc(C/C=C\C(=C/P)c3ccccc3)cc2)c2ccc3c(c2)C(C)(C)c2cc4c(cc2-3)C(C)(C)c2c(-c3ccccc3)cccc2-4)cc1. The predicted molar refractivity (Wildman–Crippen MR) is 283 cm³/mol. The molecule has 320 valence electrons. The highest BCUT2D eigenvalue weighted by molar-refractivity contribution is 7.21. The Balaban J connectivity index is 1.03. The van der Waals surface area contributed by atoms with Crippen LogP contribution in [0, 0.1) is 0 Å². The summed E-state index contributed by atoms with van der Waals surface area (Å²) in [5, 5.41) is 0. The molecule has 0 bridgehead atoms. The van der Waals surface area contributed by atoms with Gasteiger partial charge >= 0.3 is 0 Å². The molecule has 8 aromatic carbocycles. The van der Waals surface area contributed by atoms with Crippen LogP contribution in [0.2, 0.25) is 0 Å². The lowest BCUT2D eigenvalue weighted by Crippen LogP contribution is -2.18. The van der Waals surface area contributed by atoms with E-state index < -0.39 is 0 Å². The maximum atomic E-state index is 2.77. The molecule has 0 amide bonds. The molecule has 65 heavy (non-hydrogen) atoms. The van der Waals surface area contributed by atoms with Gasteiger partial charge in [0.15, 0.2) is 0 Å². The standard InChI is InChI=1S/C63H58NP/c1-61(2,3)56-27-15-14-24-50(56)45-30-34-48(35-31-45)64(47-32-28-42(29-33-47)18-16-23-46(41-65)43-19-10-8-11-20-43)49-36-37-52-54-39-59-55(40-58(54)62(4,5)57(52)38-49)53-26-17-25-51(60(53)63(59,6)7)44-21-12-9-13-22-44/h8-17,19-41H,18,65H2,1-7H3/b23-16-,46-41+. The summed E-state index contributed by atoms with van der Waals surface area (Å²) in [6, 6.07) is 67.8. The number of nitrogens with zero attached hydrogens (tertiary/aromatic N) is 1. The minimum Gasteiger partial charge on any atom is -0.310 e. The summed E-state index contributed by atoms with van der Waals surface area (Å²) >= 11 is 0. The van der Waals surface area contributed by atoms with E-state index in [4.69, 9.17) is 0 Å². The minimum absolute atomic E-state index is 0.0341. The van der Waals surface area contributed by atoms with E-state index in [1.54, 1.807) is 0 Å². The van der Waals surface area contributed by atoms with Gasteiger partial charge in [-0.05, 0) is 149 Å². The molecule has 2 aliphatic carbocycles. The highest BCUT2D eigenvalue weighted by Crippen LogP contribution is 2.58. The normalized spacial score (nSPS) is 14.5. The maximum Gasteiger partial charge on any atom is 0.0465 e. The fraction of sp³-hybridized carbons (Fsp3) is 0.175. The van der Waals surface area contributed by atoms with E-state index in [1.807, 2.05) is 0 Å². The van der Waals surface area contributed by atoms with E-state index in [-0.39, 0.29) is 16.2 Å². The van der Waals surface area contributed by atoms with Crippen molar-refractivity contribution >= 4 is 31.9 Å². The molecule has 0 aliphatic heterocycles. The van der Waals surface area contributed by atoms with Crippen LogP contribution in [0.5, 0.6) is 0 Å². The van der Waals surface area contributed by atoms with Crippen LogP contribution >= 0.6 is 9.24 Å². The Hall–Kier alpha value is -6.53. The highest BCUT2D eigenvalue weighted by atomic mass is 31.0. The lowest BCUT2D eigenvalue weighted by atomic mass is 9.77. The van der Waals surface area contributed by atoms with Gasteiger partial charge in [-0.1, -0.05) is 200 Å². The van der Waals surface area contributed by atoms with Crippen molar-refractivity contribution in [3.63, 3.8) is 0 Å².